The van der Waals surface area contributed by atoms with E-state index >= 15 is 0 Å². The van der Waals surface area contributed by atoms with Crippen LogP contribution in [0.5, 0.6) is 5.75 Å². The van der Waals surface area contributed by atoms with Crippen molar-refractivity contribution in [1.29, 1.82) is 0 Å². The van der Waals surface area contributed by atoms with E-state index in [1.807, 2.05) is 12.1 Å². The molecule has 2 aliphatic carbocycles. The predicted molar refractivity (Wildman–Crippen MR) is 110 cm³/mol. The molecule has 26 heavy (non-hydrogen) atoms. The Morgan fingerprint density at radius 2 is 1.31 bits per heavy atom. The van der Waals surface area contributed by atoms with E-state index in [1.165, 1.54) is 60.8 Å². The summed E-state index contributed by atoms with van der Waals surface area (Å²) in [7, 11) is 0. The highest BCUT2D eigenvalue weighted by atomic mass is 16.3. The first-order valence-electron chi connectivity index (χ1n) is 10.0. The number of aromatic hydroxyl groups is 1. The molecule has 0 heterocycles. The van der Waals surface area contributed by atoms with Crippen molar-refractivity contribution in [1.82, 2.24) is 0 Å². The molecule has 0 saturated heterocycles. The van der Waals surface area contributed by atoms with E-state index in [0.717, 1.165) is 11.8 Å². The standard InChI is InChI=1S/C25H28O/c1-2-5-18-10-12-21(13-11-18)25(22-14-16-23(26)17-15-22)24-19-6-3-7-20(24)9-4-8-19/h2,5,10-17,19-20,26H,3-4,6-9H2,1H3/b5-2+,25-24?. The summed E-state index contributed by atoms with van der Waals surface area (Å²) in [6.45, 7) is 2.06. The molecule has 2 bridgehead atoms. The molecule has 1 N–H and O–H groups in total. The molecule has 0 radical (unpaired) electrons. The van der Waals surface area contributed by atoms with Crippen molar-refractivity contribution in [3.63, 3.8) is 0 Å². The average Bonchev–Trinajstić information content (AvgIpc) is 2.65. The number of phenols is 1. The smallest absolute Gasteiger partial charge is 0.115 e. The van der Waals surface area contributed by atoms with Gasteiger partial charge in [-0.2, -0.15) is 0 Å². The third-order valence-electron chi connectivity index (χ3n) is 6.09. The molecule has 2 aromatic carbocycles. The van der Waals surface area contributed by atoms with Crippen molar-refractivity contribution in [2.75, 3.05) is 0 Å². The van der Waals surface area contributed by atoms with E-state index < -0.39 is 0 Å². The number of phenolic OH excluding ortho intramolecular Hbond substituents is 1. The van der Waals surface area contributed by atoms with Crippen molar-refractivity contribution in [2.24, 2.45) is 11.8 Å². The quantitative estimate of drug-likeness (QED) is 0.647. The molecule has 4 rings (SSSR count). The Morgan fingerprint density at radius 3 is 1.81 bits per heavy atom. The molecular weight excluding hydrogens is 316 g/mol. The van der Waals surface area contributed by atoms with Crippen LogP contribution in [-0.2, 0) is 0 Å². The van der Waals surface area contributed by atoms with Crippen molar-refractivity contribution in [3.05, 3.63) is 76.9 Å². The number of hydrogen-bond acceptors (Lipinski definition) is 1. The van der Waals surface area contributed by atoms with E-state index in [1.54, 1.807) is 5.57 Å². The van der Waals surface area contributed by atoms with E-state index in [2.05, 4.69) is 55.5 Å². The van der Waals surface area contributed by atoms with Gasteiger partial charge in [0.05, 0.1) is 0 Å². The van der Waals surface area contributed by atoms with Gasteiger partial charge < -0.3 is 5.11 Å². The average molecular weight is 344 g/mol. The minimum Gasteiger partial charge on any atom is -0.508 e. The summed E-state index contributed by atoms with van der Waals surface area (Å²) in [5.74, 6) is 1.81. The lowest BCUT2D eigenvalue weighted by atomic mass is 9.65. The van der Waals surface area contributed by atoms with Crippen LogP contribution in [0.15, 0.2) is 60.2 Å². The minimum atomic E-state index is 0.338. The predicted octanol–water partition coefficient (Wildman–Crippen LogP) is 6.83. The van der Waals surface area contributed by atoms with Crippen LogP contribution >= 0.6 is 0 Å². The zero-order valence-electron chi connectivity index (χ0n) is 15.6. The topological polar surface area (TPSA) is 20.2 Å². The SMILES string of the molecule is C/C=C/c1ccc(C(=C2C3CCCC2CCC3)c2ccc(O)cc2)cc1. The Kier molecular flexibility index (Phi) is 4.97. The first-order chi connectivity index (χ1) is 12.8. The molecule has 1 heteroatoms. The summed E-state index contributed by atoms with van der Waals surface area (Å²) in [5.41, 5.74) is 6.92. The molecule has 2 saturated carbocycles. The summed E-state index contributed by atoms with van der Waals surface area (Å²) in [6.07, 6.45) is 12.3. The van der Waals surface area contributed by atoms with Crippen LogP contribution in [0.25, 0.3) is 11.6 Å². The fourth-order valence-electron chi connectivity index (χ4n) is 4.96. The lowest BCUT2D eigenvalue weighted by molar-refractivity contribution is 0.279. The summed E-state index contributed by atoms with van der Waals surface area (Å²) in [5, 5.41) is 9.75. The molecular formula is C25H28O. The third-order valence-corrected chi connectivity index (χ3v) is 6.09. The molecule has 0 aliphatic heterocycles. The minimum absolute atomic E-state index is 0.338. The Morgan fingerprint density at radius 1 is 0.808 bits per heavy atom. The number of benzene rings is 2. The fraction of sp³-hybridized carbons (Fsp3) is 0.360. The molecule has 2 fully saturated rings. The maximum absolute atomic E-state index is 9.75. The molecule has 2 aromatic rings. The Balaban J connectivity index is 1.87. The van der Waals surface area contributed by atoms with Crippen LogP contribution in [0.3, 0.4) is 0 Å². The van der Waals surface area contributed by atoms with Crippen LogP contribution in [0.1, 0.15) is 62.1 Å². The van der Waals surface area contributed by atoms with Gasteiger partial charge in [-0.15, -0.1) is 0 Å². The Labute approximate surface area is 157 Å². The van der Waals surface area contributed by atoms with Crippen molar-refractivity contribution < 1.29 is 5.11 Å². The highest BCUT2D eigenvalue weighted by Crippen LogP contribution is 2.48. The molecule has 1 nitrogen and oxygen atoms in total. The van der Waals surface area contributed by atoms with E-state index in [9.17, 15) is 5.11 Å². The van der Waals surface area contributed by atoms with Gasteiger partial charge >= 0.3 is 0 Å². The van der Waals surface area contributed by atoms with Crippen molar-refractivity contribution in [3.8, 4) is 5.75 Å². The van der Waals surface area contributed by atoms with Gasteiger partial charge in [0.25, 0.3) is 0 Å². The maximum Gasteiger partial charge on any atom is 0.115 e. The number of fused-ring (bicyclic) bond motifs is 2. The summed E-state index contributed by atoms with van der Waals surface area (Å²) >= 11 is 0. The molecule has 0 unspecified atom stereocenters. The van der Waals surface area contributed by atoms with Gasteiger partial charge in [-0.1, -0.05) is 67.0 Å². The van der Waals surface area contributed by atoms with Crippen LogP contribution in [0, 0.1) is 11.8 Å². The van der Waals surface area contributed by atoms with Crippen molar-refractivity contribution >= 4 is 11.6 Å². The highest BCUT2D eigenvalue weighted by Gasteiger charge is 2.33. The van der Waals surface area contributed by atoms with E-state index in [4.69, 9.17) is 0 Å². The summed E-state index contributed by atoms with van der Waals surface area (Å²) in [4.78, 5) is 0. The number of rotatable bonds is 3. The molecule has 0 aromatic heterocycles. The first kappa shape index (κ1) is 17.1. The maximum atomic E-state index is 9.75. The zero-order chi connectivity index (χ0) is 17.9. The highest BCUT2D eigenvalue weighted by molar-refractivity contribution is 5.83. The monoisotopic (exact) mass is 344 g/mol. The van der Waals surface area contributed by atoms with Gasteiger partial charge in [-0.25, -0.2) is 0 Å². The van der Waals surface area contributed by atoms with Gasteiger partial charge in [-0.3, -0.25) is 0 Å². The zero-order valence-corrected chi connectivity index (χ0v) is 15.6. The van der Waals surface area contributed by atoms with E-state index in [0.29, 0.717) is 5.75 Å². The van der Waals surface area contributed by atoms with Crippen LogP contribution in [-0.4, -0.2) is 5.11 Å². The van der Waals surface area contributed by atoms with Crippen LogP contribution < -0.4 is 0 Å². The molecule has 134 valence electrons. The fourth-order valence-corrected chi connectivity index (χ4v) is 4.96. The van der Waals surface area contributed by atoms with E-state index in [-0.39, 0.29) is 0 Å². The second kappa shape index (κ2) is 7.53. The molecule has 2 aliphatic rings. The largest absolute Gasteiger partial charge is 0.508 e. The Bertz CT molecular complexity index is 784. The van der Waals surface area contributed by atoms with Gasteiger partial charge in [0, 0.05) is 0 Å². The second-order valence-corrected chi connectivity index (χ2v) is 7.75. The lowest BCUT2D eigenvalue weighted by Crippen LogP contribution is -2.25. The first-order valence-corrected chi connectivity index (χ1v) is 10.0. The normalized spacial score (nSPS) is 22.6. The number of hydrogen-bond donors (Lipinski definition) is 1. The van der Waals surface area contributed by atoms with Gasteiger partial charge in [0.15, 0.2) is 0 Å². The summed E-state index contributed by atoms with van der Waals surface area (Å²) in [6, 6.07) is 16.8. The van der Waals surface area contributed by atoms with Gasteiger partial charge in [0.1, 0.15) is 5.75 Å². The second-order valence-electron chi connectivity index (χ2n) is 7.75. The molecule has 0 spiro atoms. The molecule has 0 atom stereocenters. The Hall–Kier alpha value is -2.28. The third kappa shape index (κ3) is 3.35. The summed E-state index contributed by atoms with van der Waals surface area (Å²) < 4.78 is 0. The lowest BCUT2D eigenvalue weighted by Gasteiger charge is -2.39. The number of allylic oxidation sites excluding steroid dienone is 2. The molecule has 0 amide bonds. The van der Waals surface area contributed by atoms with Gasteiger partial charge in [0.2, 0.25) is 0 Å². The van der Waals surface area contributed by atoms with Crippen LogP contribution in [0.4, 0.5) is 0 Å². The van der Waals surface area contributed by atoms with Crippen molar-refractivity contribution in [2.45, 2.75) is 45.4 Å². The van der Waals surface area contributed by atoms with Crippen LogP contribution in [0.2, 0.25) is 0 Å². The van der Waals surface area contributed by atoms with Gasteiger partial charge in [-0.05, 0) is 78.8 Å².